The molecule has 0 saturated carbocycles. The molecule has 0 unspecified atom stereocenters. The molecule has 0 atom stereocenters. The summed E-state index contributed by atoms with van der Waals surface area (Å²) < 4.78 is 27.3. The number of piperidine rings is 1. The van der Waals surface area contributed by atoms with Crippen molar-refractivity contribution in [1.82, 2.24) is 10.6 Å². The van der Waals surface area contributed by atoms with E-state index in [-0.39, 0.29) is 10.5 Å². The Morgan fingerprint density at radius 1 is 1.33 bits per heavy atom. The average Bonchev–Trinajstić information content (AvgIpc) is 2.36. The molecule has 6 heteroatoms. The van der Waals surface area contributed by atoms with Gasteiger partial charge in [-0.2, -0.15) is 0 Å². The Kier molecular flexibility index (Phi) is 4.29. The van der Waals surface area contributed by atoms with Crippen LogP contribution in [0.5, 0.6) is 0 Å². The predicted octanol–water partition coefficient (Wildman–Crippen LogP) is 2.21. The molecular formula is C12H13BrF2N2O. The van der Waals surface area contributed by atoms with Crippen molar-refractivity contribution >= 4 is 21.8 Å². The molecule has 0 bridgehead atoms. The number of carbonyl (C=O) groups excluding carboxylic acids is 1. The number of nitrogens with one attached hydrogen (secondary N) is 2. The summed E-state index contributed by atoms with van der Waals surface area (Å²) in [5, 5.41) is 5.82. The molecule has 98 valence electrons. The van der Waals surface area contributed by atoms with Crippen molar-refractivity contribution in [3.63, 3.8) is 0 Å². The summed E-state index contributed by atoms with van der Waals surface area (Å²) in [6, 6.07) is 2.28. The third kappa shape index (κ3) is 2.87. The molecule has 2 rings (SSSR count). The van der Waals surface area contributed by atoms with Crippen LogP contribution in [0.15, 0.2) is 16.6 Å². The molecule has 1 aromatic carbocycles. The maximum atomic E-state index is 13.7. The van der Waals surface area contributed by atoms with Crippen molar-refractivity contribution < 1.29 is 13.6 Å². The largest absolute Gasteiger partial charge is 0.349 e. The highest BCUT2D eigenvalue weighted by Gasteiger charge is 2.23. The third-order valence-electron chi connectivity index (χ3n) is 2.95. The van der Waals surface area contributed by atoms with Gasteiger partial charge in [0.15, 0.2) is 5.82 Å². The lowest BCUT2D eigenvalue weighted by molar-refractivity contribution is 0.0921. The van der Waals surface area contributed by atoms with Crippen LogP contribution in [0.25, 0.3) is 0 Å². The lowest BCUT2D eigenvalue weighted by Crippen LogP contribution is -2.43. The van der Waals surface area contributed by atoms with Gasteiger partial charge in [-0.05, 0) is 54.0 Å². The van der Waals surface area contributed by atoms with Gasteiger partial charge in [-0.1, -0.05) is 0 Å². The number of benzene rings is 1. The fraction of sp³-hybridized carbons (Fsp3) is 0.417. The van der Waals surface area contributed by atoms with Crippen molar-refractivity contribution in [2.45, 2.75) is 18.9 Å². The summed E-state index contributed by atoms with van der Waals surface area (Å²) in [5.41, 5.74) is -0.525. The van der Waals surface area contributed by atoms with E-state index in [1.165, 1.54) is 6.07 Å². The average molecular weight is 319 g/mol. The lowest BCUT2D eigenvalue weighted by atomic mass is 10.1. The van der Waals surface area contributed by atoms with Gasteiger partial charge >= 0.3 is 0 Å². The van der Waals surface area contributed by atoms with Crippen LogP contribution in [0.2, 0.25) is 0 Å². The normalized spacial score (nSPS) is 16.6. The van der Waals surface area contributed by atoms with Gasteiger partial charge in [0.1, 0.15) is 11.4 Å². The highest BCUT2D eigenvalue weighted by Crippen LogP contribution is 2.21. The standard InChI is InChI=1S/C12H13BrF2N2O/c13-8-1-2-9(14)10(11(8)15)12(18)17-7-3-5-16-6-4-7/h1-2,7,16H,3-6H2,(H,17,18). The number of hydrogen-bond donors (Lipinski definition) is 2. The molecular weight excluding hydrogens is 306 g/mol. The molecule has 0 spiro atoms. The van der Waals surface area contributed by atoms with E-state index in [0.29, 0.717) is 0 Å². The van der Waals surface area contributed by atoms with E-state index in [1.807, 2.05) is 0 Å². The number of rotatable bonds is 2. The predicted molar refractivity (Wildman–Crippen MR) is 67.4 cm³/mol. The Balaban J connectivity index is 2.15. The highest BCUT2D eigenvalue weighted by atomic mass is 79.9. The molecule has 0 aromatic heterocycles. The third-order valence-corrected chi connectivity index (χ3v) is 3.56. The Morgan fingerprint density at radius 2 is 2.00 bits per heavy atom. The number of hydrogen-bond acceptors (Lipinski definition) is 2. The summed E-state index contributed by atoms with van der Waals surface area (Å²) in [6.45, 7) is 1.60. The lowest BCUT2D eigenvalue weighted by Gasteiger charge is -2.23. The van der Waals surface area contributed by atoms with Gasteiger partial charge in [0.05, 0.1) is 4.47 Å². The van der Waals surface area contributed by atoms with E-state index < -0.39 is 23.1 Å². The van der Waals surface area contributed by atoms with Gasteiger partial charge < -0.3 is 10.6 Å². The van der Waals surface area contributed by atoms with E-state index in [2.05, 4.69) is 26.6 Å². The minimum Gasteiger partial charge on any atom is -0.349 e. The summed E-state index contributed by atoms with van der Waals surface area (Å²) in [4.78, 5) is 11.9. The molecule has 2 N–H and O–H groups in total. The van der Waals surface area contributed by atoms with Gasteiger partial charge in [0, 0.05) is 6.04 Å². The second-order valence-electron chi connectivity index (χ2n) is 4.22. The molecule has 1 aliphatic rings. The van der Waals surface area contributed by atoms with Crippen LogP contribution < -0.4 is 10.6 Å². The minimum atomic E-state index is -0.860. The second-order valence-corrected chi connectivity index (χ2v) is 5.07. The van der Waals surface area contributed by atoms with Crippen molar-refractivity contribution in [2.24, 2.45) is 0 Å². The smallest absolute Gasteiger partial charge is 0.257 e. The van der Waals surface area contributed by atoms with E-state index in [0.717, 1.165) is 32.0 Å². The van der Waals surface area contributed by atoms with Crippen molar-refractivity contribution in [1.29, 1.82) is 0 Å². The van der Waals surface area contributed by atoms with Crippen LogP contribution >= 0.6 is 15.9 Å². The maximum Gasteiger partial charge on any atom is 0.257 e. The van der Waals surface area contributed by atoms with Crippen molar-refractivity contribution in [2.75, 3.05) is 13.1 Å². The van der Waals surface area contributed by atoms with Gasteiger partial charge in [-0.3, -0.25) is 4.79 Å². The summed E-state index contributed by atoms with van der Waals surface area (Å²) >= 11 is 2.94. The van der Waals surface area contributed by atoms with Crippen LogP contribution in [-0.2, 0) is 0 Å². The van der Waals surface area contributed by atoms with Gasteiger partial charge in [-0.25, -0.2) is 8.78 Å². The molecule has 18 heavy (non-hydrogen) atoms. The first kappa shape index (κ1) is 13.4. The molecule has 1 heterocycles. The molecule has 1 aliphatic heterocycles. The summed E-state index contributed by atoms with van der Waals surface area (Å²) in [6.07, 6.45) is 1.53. The van der Waals surface area contributed by atoms with Crippen LogP contribution in [-0.4, -0.2) is 25.0 Å². The van der Waals surface area contributed by atoms with E-state index >= 15 is 0 Å². The first-order chi connectivity index (χ1) is 8.59. The van der Waals surface area contributed by atoms with E-state index in [1.54, 1.807) is 0 Å². The molecule has 1 amide bonds. The summed E-state index contributed by atoms with van der Waals surface area (Å²) in [7, 11) is 0. The fourth-order valence-corrected chi connectivity index (χ4v) is 2.29. The second kappa shape index (κ2) is 5.75. The topological polar surface area (TPSA) is 41.1 Å². The van der Waals surface area contributed by atoms with Crippen LogP contribution in [0.1, 0.15) is 23.2 Å². The first-order valence-electron chi connectivity index (χ1n) is 5.74. The zero-order chi connectivity index (χ0) is 13.1. The van der Waals surface area contributed by atoms with Gasteiger partial charge in [0.2, 0.25) is 0 Å². The van der Waals surface area contributed by atoms with Gasteiger partial charge in [-0.15, -0.1) is 0 Å². The Bertz CT molecular complexity index is 462. The number of carbonyl (C=O) groups is 1. The van der Waals surface area contributed by atoms with Crippen molar-refractivity contribution in [3.8, 4) is 0 Å². The molecule has 1 aromatic rings. The number of halogens is 3. The monoisotopic (exact) mass is 318 g/mol. The molecule has 0 radical (unpaired) electrons. The number of amides is 1. The maximum absolute atomic E-state index is 13.7. The molecule has 1 fully saturated rings. The van der Waals surface area contributed by atoms with Gasteiger partial charge in [0.25, 0.3) is 5.91 Å². The van der Waals surface area contributed by atoms with E-state index in [4.69, 9.17) is 0 Å². The first-order valence-corrected chi connectivity index (χ1v) is 6.54. The highest BCUT2D eigenvalue weighted by molar-refractivity contribution is 9.10. The quantitative estimate of drug-likeness (QED) is 0.821. The fourth-order valence-electron chi connectivity index (χ4n) is 1.96. The Labute approximate surface area is 112 Å². The molecule has 0 aliphatic carbocycles. The molecule has 1 saturated heterocycles. The van der Waals surface area contributed by atoms with Crippen molar-refractivity contribution in [3.05, 3.63) is 33.8 Å². The Morgan fingerprint density at radius 3 is 2.67 bits per heavy atom. The summed E-state index contributed by atoms with van der Waals surface area (Å²) in [5.74, 6) is -2.40. The minimum absolute atomic E-state index is 0.0310. The molecule has 3 nitrogen and oxygen atoms in total. The van der Waals surface area contributed by atoms with E-state index in [9.17, 15) is 13.6 Å². The van der Waals surface area contributed by atoms with Crippen LogP contribution in [0, 0.1) is 11.6 Å². The SMILES string of the molecule is O=C(NC1CCNCC1)c1c(F)ccc(Br)c1F. The van der Waals surface area contributed by atoms with Crippen LogP contribution in [0.3, 0.4) is 0 Å². The zero-order valence-electron chi connectivity index (χ0n) is 9.60. The van der Waals surface area contributed by atoms with Crippen LogP contribution in [0.4, 0.5) is 8.78 Å². The Hall–Kier alpha value is -1.01. The zero-order valence-corrected chi connectivity index (χ0v) is 11.2.